The first-order chi connectivity index (χ1) is 10.1. The first-order valence-corrected chi connectivity index (χ1v) is 6.76. The Morgan fingerprint density at radius 3 is 2.62 bits per heavy atom. The second-order valence-electron chi connectivity index (χ2n) is 4.38. The normalized spacial score (nSPS) is 10.0. The van der Waals surface area contributed by atoms with E-state index in [0.717, 1.165) is 5.56 Å². The lowest BCUT2D eigenvalue weighted by Crippen LogP contribution is -2.23. The Labute approximate surface area is 128 Å². The molecular weight excluding hydrogens is 290 g/mol. The zero-order valence-corrected chi connectivity index (χ0v) is 12.6. The number of amides is 1. The number of carbonyl (C=O) groups is 1. The average Bonchev–Trinajstić information content (AvgIpc) is 2.52. The van der Waals surface area contributed by atoms with Crippen LogP contribution in [0.1, 0.15) is 15.9 Å². The van der Waals surface area contributed by atoms with E-state index < -0.39 is 0 Å². The highest BCUT2D eigenvalue weighted by molar-refractivity contribution is 6.30. The standard InChI is InChI=1S/C16H16ClNO3/c1-20-13-6-7-14(15(9-13)21-2)16(19)18-10-11-4-3-5-12(17)8-11/h3-9H,10H2,1-2H3,(H,18,19). The summed E-state index contributed by atoms with van der Waals surface area (Å²) in [5, 5.41) is 3.48. The third-order valence-electron chi connectivity index (χ3n) is 3.00. The molecule has 0 fully saturated rings. The molecule has 1 N–H and O–H groups in total. The first-order valence-electron chi connectivity index (χ1n) is 6.38. The fraction of sp³-hybridized carbons (Fsp3) is 0.188. The Kier molecular flexibility index (Phi) is 5.06. The molecule has 2 aromatic rings. The van der Waals surface area contributed by atoms with Gasteiger partial charge in [-0.2, -0.15) is 0 Å². The van der Waals surface area contributed by atoms with E-state index >= 15 is 0 Å². The van der Waals surface area contributed by atoms with Gasteiger partial charge < -0.3 is 14.8 Å². The zero-order chi connectivity index (χ0) is 15.2. The molecule has 5 heteroatoms. The lowest BCUT2D eigenvalue weighted by Gasteiger charge is -2.11. The molecule has 0 radical (unpaired) electrons. The highest BCUT2D eigenvalue weighted by Crippen LogP contribution is 2.24. The number of hydrogen-bond acceptors (Lipinski definition) is 3. The molecule has 21 heavy (non-hydrogen) atoms. The number of hydrogen-bond donors (Lipinski definition) is 1. The van der Waals surface area contributed by atoms with Gasteiger partial charge in [0.1, 0.15) is 11.5 Å². The van der Waals surface area contributed by atoms with Crippen molar-refractivity contribution in [3.63, 3.8) is 0 Å². The summed E-state index contributed by atoms with van der Waals surface area (Å²) in [5.41, 5.74) is 1.39. The van der Waals surface area contributed by atoms with Crippen molar-refractivity contribution in [2.24, 2.45) is 0 Å². The van der Waals surface area contributed by atoms with Gasteiger partial charge in [0.2, 0.25) is 0 Å². The maximum atomic E-state index is 12.2. The van der Waals surface area contributed by atoms with Crippen LogP contribution in [-0.4, -0.2) is 20.1 Å². The van der Waals surface area contributed by atoms with Gasteiger partial charge in [0.15, 0.2) is 0 Å². The van der Waals surface area contributed by atoms with Crippen molar-refractivity contribution in [3.05, 3.63) is 58.6 Å². The van der Waals surface area contributed by atoms with Crippen LogP contribution in [0.3, 0.4) is 0 Å². The minimum absolute atomic E-state index is 0.213. The summed E-state index contributed by atoms with van der Waals surface area (Å²) in [6.45, 7) is 0.397. The van der Waals surface area contributed by atoms with Gasteiger partial charge in [-0.25, -0.2) is 0 Å². The summed E-state index contributed by atoms with van der Waals surface area (Å²) in [6.07, 6.45) is 0. The Morgan fingerprint density at radius 1 is 1.14 bits per heavy atom. The van der Waals surface area contributed by atoms with Gasteiger partial charge in [-0.3, -0.25) is 4.79 Å². The summed E-state index contributed by atoms with van der Waals surface area (Å²) < 4.78 is 10.3. The zero-order valence-electron chi connectivity index (χ0n) is 11.9. The molecule has 4 nitrogen and oxygen atoms in total. The second kappa shape index (κ2) is 6.99. The quantitative estimate of drug-likeness (QED) is 0.922. The van der Waals surface area contributed by atoms with E-state index in [9.17, 15) is 4.79 Å². The molecule has 0 aliphatic rings. The lowest BCUT2D eigenvalue weighted by molar-refractivity contribution is 0.0948. The third kappa shape index (κ3) is 3.89. The molecule has 0 unspecified atom stereocenters. The number of ether oxygens (including phenoxy) is 2. The van der Waals surface area contributed by atoms with E-state index in [1.54, 1.807) is 31.4 Å². The van der Waals surface area contributed by atoms with E-state index in [1.807, 2.05) is 18.2 Å². The predicted octanol–water partition coefficient (Wildman–Crippen LogP) is 3.29. The molecule has 0 bridgehead atoms. The maximum absolute atomic E-state index is 12.2. The van der Waals surface area contributed by atoms with E-state index in [1.165, 1.54) is 7.11 Å². The molecule has 0 aromatic heterocycles. The van der Waals surface area contributed by atoms with Crippen LogP contribution in [0.2, 0.25) is 5.02 Å². The summed E-state index contributed by atoms with van der Waals surface area (Å²) in [6, 6.07) is 12.4. The van der Waals surface area contributed by atoms with E-state index in [4.69, 9.17) is 21.1 Å². The molecule has 0 spiro atoms. The van der Waals surface area contributed by atoms with Gasteiger partial charge in [0.25, 0.3) is 5.91 Å². The highest BCUT2D eigenvalue weighted by Gasteiger charge is 2.13. The van der Waals surface area contributed by atoms with Crippen molar-refractivity contribution in [2.45, 2.75) is 6.54 Å². The van der Waals surface area contributed by atoms with Crippen molar-refractivity contribution in [1.29, 1.82) is 0 Å². The minimum atomic E-state index is -0.213. The van der Waals surface area contributed by atoms with Crippen molar-refractivity contribution in [3.8, 4) is 11.5 Å². The molecule has 1 amide bonds. The highest BCUT2D eigenvalue weighted by atomic mass is 35.5. The smallest absolute Gasteiger partial charge is 0.255 e. The lowest BCUT2D eigenvalue weighted by atomic mass is 10.1. The van der Waals surface area contributed by atoms with Crippen molar-refractivity contribution >= 4 is 17.5 Å². The summed E-state index contributed by atoms with van der Waals surface area (Å²) in [7, 11) is 3.08. The fourth-order valence-electron chi connectivity index (χ4n) is 1.91. The number of rotatable bonds is 5. The van der Waals surface area contributed by atoms with Crippen LogP contribution in [0.25, 0.3) is 0 Å². The van der Waals surface area contributed by atoms with Crippen LogP contribution in [0.5, 0.6) is 11.5 Å². The summed E-state index contributed by atoms with van der Waals surface area (Å²) >= 11 is 5.91. The molecule has 0 aliphatic heterocycles. The van der Waals surface area contributed by atoms with Crippen molar-refractivity contribution < 1.29 is 14.3 Å². The van der Waals surface area contributed by atoms with Gasteiger partial charge in [-0.05, 0) is 29.8 Å². The molecule has 0 heterocycles. The molecule has 110 valence electrons. The largest absolute Gasteiger partial charge is 0.497 e. The maximum Gasteiger partial charge on any atom is 0.255 e. The first kappa shape index (κ1) is 15.2. The molecule has 0 saturated carbocycles. The van der Waals surface area contributed by atoms with Gasteiger partial charge in [0.05, 0.1) is 19.8 Å². The summed E-state index contributed by atoms with van der Waals surface area (Å²) in [5.74, 6) is 0.894. The molecule has 0 saturated heterocycles. The third-order valence-corrected chi connectivity index (χ3v) is 3.23. The Morgan fingerprint density at radius 2 is 1.95 bits per heavy atom. The number of methoxy groups -OCH3 is 2. The number of carbonyl (C=O) groups excluding carboxylic acids is 1. The van der Waals surface area contributed by atoms with Crippen molar-refractivity contribution in [1.82, 2.24) is 5.32 Å². The molecule has 0 atom stereocenters. The molecule has 2 aromatic carbocycles. The van der Waals surface area contributed by atoms with Crippen LogP contribution in [0.4, 0.5) is 0 Å². The average molecular weight is 306 g/mol. The topological polar surface area (TPSA) is 47.6 Å². The molecule has 0 aliphatic carbocycles. The van der Waals surface area contributed by atoms with Crippen LogP contribution >= 0.6 is 11.6 Å². The second-order valence-corrected chi connectivity index (χ2v) is 4.82. The van der Waals surface area contributed by atoms with Crippen LogP contribution in [-0.2, 0) is 6.54 Å². The van der Waals surface area contributed by atoms with E-state index in [2.05, 4.69) is 5.32 Å². The number of halogens is 1. The SMILES string of the molecule is COc1ccc(C(=O)NCc2cccc(Cl)c2)c(OC)c1. The van der Waals surface area contributed by atoms with Crippen LogP contribution in [0, 0.1) is 0 Å². The van der Waals surface area contributed by atoms with Gasteiger partial charge in [0, 0.05) is 17.6 Å². The molecule has 2 rings (SSSR count). The van der Waals surface area contributed by atoms with E-state index in [-0.39, 0.29) is 5.91 Å². The number of nitrogens with one attached hydrogen (secondary N) is 1. The summed E-state index contributed by atoms with van der Waals surface area (Å²) in [4.78, 5) is 12.2. The molecular formula is C16H16ClNO3. The van der Waals surface area contributed by atoms with Crippen LogP contribution < -0.4 is 14.8 Å². The Bertz CT molecular complexity index is 643. The van der Waals surface area contributed by atoms with Gasteiger partial charge in [-0.15, -0.1) is 0 Å². The van der Waals surface area contributed by atoms with Gasteiger partial charge >= 0.3 is 0 Å². The minimum Gasteiger partial charge on any atom is -0.497 e. The fourth-order valence-corrected chi connectivity index (χ4v) is 2.12. The predicted molar refractivity (Wildman–Crippen MR) is 82.2 cm³/mol. The number of benzene rings is 2. The van der Waals surface area contributed by atoms with Crippen LogP contribution in [0.15, 0.2) is 42.5 Å². The monoisotopic (exact) mass is 305 g/mol. The Hall–Kier alpha value is -2.20. The van der Waals surface area contributed by atoms with E-state index in [0.29, 0.717) is 28.6 Å². The van der Waals surface area contributed by atoms with Crippen molar-refractivity contribution in [2.75, 3.05) is 14.2 Å². The Balaban J connectivity index is 2.10. The van der Waals surface area contributed by atoms with Gasteiger partial charge in [-0.1, -0.05) is 23.7 Å².